The van der Waals surface area contributed by atoms with Gasteiger partial charge in [0.1, 0.15) is 11.6 Å². The van der Waals surface area contributed by atoms with Crippen LogP contribution in [0.5, 0.6) is 0 Å². The predicted octanol–water partition coefficient (Wildman–Crippen LogP) is 4.52. The average Bonchev–Trinajstić information content (AvgIpc) is 2.86. The van der Waals surface area contributed by atoms with Crippen LogP contribution in [0.25, 0.3) is 0 Å². The van der Waals surface area contributed by atoms with Gasteiger partial charge in [-0.3, -0.25) is 14.6 Å². The summed E-state index contributed by atoms with van der Waals surface area (Å²) in [5.74, 6) is 0.232. The van der Waals surface area contributed by atoms with Gasteiger partial charge in [-0.1, -0.05) is 6.42 Å². The molecule has 10 heteroatoms. The molecule has 1 unspecified atom stereocenters. The molecular weight excluding hydrogens is 508 g/mol. The number of ether oxygens (including phenoxy) is 1. The van der Waals surface area contributed by atoms with Gasteiger partial charge < -0.3 is 29.3 Å². The maximum atomic E-state index is 13.2. The van der Waals surface area contributed by atoms with E-state index < -0.39 is 11.6 Å². The van der Waals surface area contributed by atoms with Gasteiger partial charge in [-0.05, 0) is 71.4 Å². The molecule has 1 aliphatic carbocycles. The van der Waals surface area contributed by atoms with Crippen molar-refractivity contribution in [3.63, 3.8) is 0 Å². The summed E-state index contributed by atoms with van der Waals surface area (Å²) in [5, 5.41) is 2.86. The van der Waals surface area contributed by atoms with Crippen molar-refractivity contribution < 1.29 is 14.3 Å². The number of piperidine rings is 1. The molecule has 3 heterocycles. The van der Waals surface area contributed by atoms with Crippen LogP contribution in [-0.4, -0.2) is 71.8 Å². The van der Waals surface area contributed by atoms with E-state index in [-0.39, 0.29) is 23.6 Å². The van der Waals surface area contributed by atoms with Crippen LogP contribution in [0.4, 0.5) is 21.9 Å². The Morgan fingerprint density at radius 3 is 2.52 bits per heavy atom. The SMILES string of the molecule is CC(C(=O)Nc1cncc(N(C)C)c1)n1ccc(N2CCC[C@@H](N(CC3CCC3)C(=O)OC(C)(C)C)C2)cc1=O. The zero-order valence-electron chi connectivity index (χ0n) is 24.7. The number of aromatic nitrogens is 2. The first-order valence-corrected chi connectivity index (χ1v) is 14.3. The molecule has 2 aliphatic rings. The molecule has 2 fully saturated rings. The lowest BCUT2D eigenvalue weighted by Gasteiger charge is -2.43. The van der Waals surface area contributed by atoms with Crippen molar-refractivity contribution in [2.45, 2.75) is 77.5 Å². The maximum Gasteiger partial charge on any atom is 0.410 e. The van der Waals surface area contributed by atoms with Crippen LogP contribution in [0, 0.1) is 5.92 Å². The number of carbonyl (C=O) groups excluding carboxylic acids is 2. The highest BCUT2D eigenvalue weighted by molar-refractivity contribution is 5.93. The molecule has 0 radical (unpaired) electrons. The molecule has 1 saturated heterocycles. The minimum absolute atomic E-state index is 0.0165. The first-order valence-electron chi connectivity index (χ1n) is 14.3. The van der Waals surface area contributed by atoms with Crippen molar-refractivity contribution in [3.05, 3.63) is 47.1 Å². The fourth-order valence-corrected chi connectivity index (χ4v) is 5.20. The molecule has 1 saturated carbocycles. The number of amides is 2. The topological polar surface area (TPSA) is 100 Å². The number of rotatable bonds is 8. The van der Waals surface area contributed by atoms with E-state index in [2.05, 4.69) is 15.2 Å². The predicted molar refractivity (Wildman–Crippen MR) is 158 cm³/mol. The normalized spacial score (nSPS) is 18.4. The molecule has 0 bridgehead atoms. The van der Waals surface area contributed by atoms with Gasteiger partial charge in [0.15, 0.2) is 0 Å². The minimum Gasteiger partial charge on any atom is -0.444 e. The summed E-state index contributed by atoms with van der Waals surface area (Å²) < 4.78 is 7.22. The van der Waals surface area contributed by atoms with E-state index in [9.17, 15) is 14.4 Å². The van der Waals surface area contributed by atoms with E-state index in [1.165, 1.54) is 11.0 Å². The van der Waals surface area contributed by atoms with E-state index in [4.69, 9.17) is 4.74 Å². The van der Waals surface area contributed by atoms with E-state index >= 15 is 0 Å². The molecular formula is C30H44N6O4. The fourth-order valence-electron chi connectivity index (χ4n) is 5.20. The Hall–Kier alpha value is -3.56. The highest BCUT2D eigenvalue weighted by atomic mass is 16.6. The summed E-state index contributed by atoms with van der Waals surface area (Å²) in [7, 11) is 3.81. The number of hydrogen-bond acceptors (Lipinski definition) is 7. The summed E-state index contributed by atoms with van der Waals surface area (Å²) in [6.45, 7) is 9.55. The van der Waals surface area contributed by atoms with E-state index in [0.717, 1.165) is 43.6 Å². The van der Waals surface area contributed by atoms with Crippen LogP contribution >= 0.6 is 0 Å². The Bertz CT molecular complexity index is 1250. The maximum absolute atomic E-state index is 13.2. The minimum atomic E-state index is -0.705. The molecule has 10 nitrogen and oxygen atoms in total. The van der Waals surface area contributed by atoms with Crippen molar-refractivity contribution in [2.24, 2.45) is 5.92 Å². The van der Waals surface area contributed by atoms with Crippen molar-refractivity contribution >= 4 is 29.1 Å². The third-order valence-electron chi connectivity index (χ3n) is 7.75. The van der Waals surface area contributed by atoms with Crippen LogP contribution in [0.1, 0.15) is 65.8 Å². The third kappa shape index (κ3) is 7.34. The molecule has 0 aromatic carbocycles. The Kier molecular flexibility index (Phi) is 9.05. The highest BCUT2D eigenvalue weighted by Gasteiger charge is 2.34. The molecule has 2 amide bonds. The second-order valence-corrected chi connectivity index (χ2v) is 12.3. The second-order valence-electron chi connectivity index (χ2n) is 12.3. The largest absolute Gasteiger partial charge is 0.444 e. The molecule has 2 aromatic rings. The van der Waals surface area contributed by atoms with E-state index in [0.29, 0.717) is 24.7 Å². The summed E-state index contributed by atoms with van der Waals surface area (Å²) >= 11 is 0. The molecule has 0 spiro atoms. The van der Waals surface area contributed by atoms with Gasteiger partial charge in [-0.2, -0.15) is 0 Å². The van der Waals surface area contributed by atoms with Gasteiger partial charge in [-0.15, -0.1) is 0 Å². The Morgan fingerprint density at radius 2 is 1.90 bits per heavy atom. The van der Waals surface area contributed by atoms with Crippen LogP contribution in [0.15, 0.2) is 41.6 Å². The zero-order valence-corrected chi connectivity index (χ0v) is 24.7. The average molecular weight is 553 g/mol. The highest BCUT2D eigenvalue weighted by Crippen LogP contribution is 2.30. The third-order valence-corrected chi connectivity index (χ3v) is 7.75. The molecule has 4 rings (SSSR count). The zero-order chi connectivity index (χ0) is 29.0. The summed E-state index contributed by atoms with van der Waals surface area (Å²) in [6.07, 6.45) is 10.1. The van der Waals surface area contributed by atoms with Crippen LogP contribution in [-0.2, 0) is 9.53 Å². The van der Waals surface area contributed by atoms with Gasteiger partial charge in [0.05, 0.1) is 29.8 Å². The van der Waals surface area contributed by atoms with E-state index in [1.54, 1.807) is 31.6 Å². The van der Waals surface area contributed by atoms with Gasteiger partial charge >= 0.3 is 6.09 Å². The van der Waals surface area contributed by atoms with Crippen LogP contribution in [0.3, 0.4) is 0 Å². The number of hydrogen-bond donors (Lipinski definition) is 1. The first-order chi connectivity index (χ1) is 18.9. The smallest absolute Gasteiger partial charge is 0.410 e. The van der Waals surface area contributed by atoms with Crippen molar-refractivity contribution in [1.29, 1.82) is 0 Å². The van der Waals surface area contributed by atoms with E-state index in [1.807, 2.05) is 56.8 Å². The molecule has 1 aliphatic heterocycles. The lowest BCUT2D eigenvalue weighted by atomic mass is 9.84. The summed E-state index contributed by atoms with van der Waals surface area (Å²) in [6, 6.07) is 4.61. The van der Waals surface area contributed by atoms with Gasteiger partial charge in [-0.25, -0.2) is 4.79 Å². The second kappa shape index (κ2) is 12.3. The quantitative estimate of drug-likeness (QED) is 0.514. The molecule has 2 atom stereocenters. The molecule has 218 valence electrons. The van der Waals surface area contributed by atoms with Crippen molar-refractivity contribution in [1.82, 2.24) is 14.5 Å². The number of pyridine rings is 2. The molecule has 40 heavy (non-hydrogen) atoms. The lowest BCUT2D eigenvalue weighted by Crippen LogP contribution is -2.53. The Morgan fingerprint density at radius 1 is 1.15 bits per heavy atom. The first kappa shape index (κ1) is 29.4. The number of carbonyl (C=O) groups is 2. The van der Waals surface area contributed by atoms with Gasteiger partial charge in [0.2, 0.25) is 5.91 Å². The number of anilines is 3. The van der Waals surface area contributed by atoms with Gasteiger partial charge in [0.25, 0.3) is 5.56 Å². The monoisotopic (exact) mass is 552 g/mol. The standard InChI is InChI=1S/C30H44N6O4/c1-21(28(38)32-23-15-26(33(5)6)18-31-17-23)35-14-12-24(16-27(35)37)34-13-8-11-25(20-34)36(19-22-9-7-10-22)29(39)40-30(2,3)4/h12,14-18,21-22,25H,7-11,13,19-20H2,1-6H3,(H,32,38)/t21?,25-/m1/s1. The summed E-state index contributed by atoms with van der Waals surface area (Å²) in [4.78, 5) is 49.5. The Labute approximate surface area is 237 Å². The van der Waals surface area contributed by atoms with Gasteiger partial charge in [0, 0.05) is 51.7 Å². The molecule has 2 aromatic heterocycles. The summed E-state index contributed by atoms with van der Waals surface area (Å²) in [5.41, 5.74) is 1.44. The molecule has 1 N–H and O–H groups in total. The van der Waals surface area contributed by atoms with Crippen molar-refractivity contribution in [3.8, 4) is 0 Å². The number of nitrogens with zero attached hydrogens (tertiary/aromatic N) is 5. The van der Waals surface area contributed by atoms with Crippen molar-refractivity contribution in [2.75, 3.05) is 48.8 Å². The van der Waals surface area contributed by atoms with Crippen LogP contribution < -0.4 is 20.7 Å². The lowest BCUT2D eigenvalue weighted by molar-refractivity contribution is -0.118. The Balaban J connectivity index is 1.45. The van der Waals surface area contributed by atoms with Crippen LogP contribution in [0.2, 0.25) is 0 Å². The fraction of sp³-hybridized carbons (Fsp3) is 0.600. The number of nitrogens with one attached hydrogen (secondary N) is 1.